The molecule has 0 spiro atoms. The van der Waals surface area contributed by atoms with E-state index in [4.69, 9.17) is 4.74 Å². The lowest BCUT2D eigenvalue weighted by molar-refractivity contribution is -0.161. The van der Waals surface area contributed by atoms with Crippen LogP contribution < -0.4 is 0 Å². The van der Waals surface area contributed by atoms with Gasteiger partial charge in [0.25, 0.3) is 0 Å². The number of carboxylic acids is 1. The van der Waals surface area contributed by atoms with Gasteiger partial charge in [-0.15, -0.1) is 0 Å². The molecule has 0 unspecified atom stereocenters. The zero-order valence-corrected chi connectivity index (χ0v) is 16.7. The Morgan fingerprint density at radius 1 is 1.22 bits per heavy atom. The van der Waals surface area contributed by atoms with Gasteiger partial charge in [-0.3, -0.25) is 14.4 Å². The number of aliphatic carboxylic acids is 1. The molecule has 0 saturated carbocycles. The van der Waals surface area contributed by atoms with Gasteiger partial charge in [-0.25, -0.2) is 0 Å². The van der Waals surface area contributed by atoms with Crippen molar-refractivity contribution in [1.82, 2.24) is 4.90 Å². The Morgan fingerprint density at radius 2 is 1.93 bits per heavy atom. The number of fused-ring (bicyclic) bond motifs is 1. The molecule has 0 radical (unpaired) electrons. The number of carbonyl (C=O) groups is 3. The van der Waals surface area contributed by atoms with Crippen LogP contribution in [0.3, 0.4) is 0 Å². The predicted octanol–water partition coefficient (Wildman–Crippen LogP) is 3.90. The van der Waals surface area contributed by atoms with Gasteiger partial charge >= 0.3 is 11.9 Å². The first-order chi connectivity index (χ1) is 13.0. The van der Waals surface area contributed by atoms with E-state index >= 15 is 0 Å². The summed E-state index contributed by atoms with van der Waals surface area (Å²) in [6.45, 7) is 4.77. The lowest BCUT2D eigenvalue weighted by Gasteiger charge is -2.44. The average Bonchev–Trinajstić information content (AvgIpc) is 3.05. The molecule has 1 heterocycles. The first-order valence-electron chi connectivity index (χ1n) is 10.4. The van der Waals surface area contributed by atoms with Gasteiger partial charge in [0.2, 0.25) is 5.91 Å². The number of nitrogens with zero attached hydrogens (tertiary/aromatic N) is 1. The molecule has 1 aliphatic carbocycles. The van der Waals surface area contributed by atoms with Crippen LogP contribution in [0.5, 0.6) is 0 Å². The van der Waals surface area contributed by atoms with Gasteiger partial charge in [0.15, 0.2) is 0 Å². The maximum absolute atomic E-state index is 13.0. The Labute approximate surface area is 161 Å². The summed E-state index contributed by atoms with van der Waals surface area (Å²) >= 11 is 0. The summed E-state index contributed by atoms with van der Waals surface area (Å²) in [5.41, 5.74) is -0.104. The number of carbonyl (C=O) groups excluding carboxylic acids is 2. The Bertz CT molecular complexity index is 585. The van der Waals surface area contributed by atoms with Crippen LogP contribution >= 0.6 is 0 Å². The van der Waals surface area contributed by atoms with E-state index in [0.29, 0.717) is 19.4 Å². The van der Waals surface area contributed by atoms with Crippen molar-refractivity contribution in [3.63, 3.8) is 0 Å². The minimum absolute atomic E-state index is 0.154. The lowest BCUT2D eigenvalue weighted by atomic mass is 9.71. The number of amides is 1. The van der Waals surface area contributed by atoms with Crippen LogP contribution in [-0.4, -0.2) is 41.0 Å². The summed E-state index contributed by atoms with van der Waals surface area (Å²) in [5.74, 6) is -2.14. The molecular weight excluding hydrogens is 346 g/mol. The highest BCUT2D eigenvalue weighted by molar-refractivity contribution is 5.91. The second-order valence-electron chi connectivity index (χ2n) is 7.69. The Hall–Kier alpha value is -1.85. The van der Waals surface area contributed by atoms with Crippen molar-refractivity contribution in [2.75, 3.05) is 13.2 Å². The molecule has 152 valence electrons. The molecule has 2 aliphatic rings. The van der Waals surface area contributed by atoms with Gasteiger partial charge in [0.1, 0.15) is 5.41 Å². The van der Waals surface area contributed by atoms with Crippen LogP contribution in [0, 0.1) is 11.3 Å². The molecule has 2 rings (SSSR count). The maximum Gasteiger partial charge on any atom is 0.318 e. The fourth-order valence-corrected chi connectivity index (χ4v) is 4.41. The molecule has 1 amide bonds. The van der Waals surface area contributed by atoms with Crippen molar-refractivity contribution in [1.29, 1.82) is 0 Å². The first-order valence-corrected chi connectivity index (χ1v) is 10.4. The molecule has 0 aromatic heterocycles. The Morgan fingerprint density at radius 3 is 2.59 bits per heavy atom. The van der Waals surface area contributed by atoms with E-state index in [9.17, 15) is 19.5 Å². The monoisotopic (exact) mass is 379 g/mol. The summed E-state index contributed by atoms with van der Waals surface area (Å²) in [5, 5.41) is 9.23. The molecule has 6 nitrogen and oxygen atoms in total. The number of rotatable bonds is 11. The number of unbranched alkanes of at least 4 members (excludes halogenated alkanes) is 5. The second-order valence-corrected chi connectivity index (χ2v) is 7.69. The van der Waals surface area contributed by atoms with E-state index in [1.165, 1.54) is 19.3 Å². The average molecular weight is 379 g/mol. The van der Waals surface area contributed by atoms with Crippen LogP contribution in [0.25, 0.3) is 0 Å². The number of carboxylic acid groups (broad SMARTS) is 1. The maximum atomic E-state index is 13.0. The molecule has 27 heavy (non-hydrogen) atoms. The highest BCUT2D eigenvalue weighted by Gasteiger charge is 2.55. The van der Waals surface area contributed by atoms with Gasteiger partial charge in [0, 0.05) is 12.2 Å². The Kier molecular flexibility index (Phi) is 7.87. The number of likely N-dealkylation sites (tertiary alicyclic amines) is 1. The van der Waals surface area contributed by atoms with Crippen LogP contribution in [0.4, 0.5) is 0 Å². The van der Waals surface area contributed by atoms with E-state index in [1.54, 1.807) is 11.8 Å². The molecule has 6 heteroatoms. The van der Waals surface area contributed by atoms with Crippen molar-refractivity contribution in [2.45, 2.75) is 78.1 Å². The minimum Gasteiger partial charge on any atom is -0.481 e. The van der Waals surface area contributed by atoms with Crippen LogP contribution in [0.1, 0.15) is 78.1 Å². The topological polar surface area (TPSA) is 83.9 Å². The highest BCUT2D eigenvalue weighted by atomic mass is 16.5. The highest BCUT2D eigenvalue weighted by Crippen LogP contribution is 2.51. The van der Waals surface area contributed by atoms with E-state index < -0.39 is 17.3 Å². The van der Waals surface area contributed by atoms with Crippen molar-refractivity contribution in [2.24, 2.45) is 11.3 Å². The standard InChI is InChI=1S/C21H33NO5/c1-3-5-6-7-8-9-13-22-17-11-10-12-21(17,20(26)27-4-2)15-16(19(22)25)14-18(23)24/h11,16H,3-10,12-15H2,1-2H3,(H,23,24)/t16-,21-/m0/s1. The van der Waals surface area contributed by atoms with E-state index in [-0.39, 0.29) is 31.3 Å². The number of esters is 1. The minimum atomic E-state index is -1.00. The summed E-state index contributed by atoms with van der Waals surface area (Å²) < 4.78 is 5.33. The first kappa shape index (κ1) is 21.5. The van der Waals surface area contributed by atoms with Gasteiger partial charge in [-0.05, 0) is 32.6 Å². The predicted molar refractivity (Wildman–Crippen MR) is 102 cm³/mol. The molecule has 1 fully saturated rings. The second kappa shape index (κ2) is 9.90. The molecule has 1 saturated heterocycles. The van der Waals surface area contributed by atoms with Crippen LogP contribution in [-0.2, 0) is 19.1 Å². The van der Waals surface area contributed by atoms with Gasteiger partial charge < -0.3 is 14.7 Å². The molecule has 1 aliphatic heterocycles. The summed E-state index contributed by atoms with van der Waals surface area (Å²) in [7, 11) is 0. The van der Waals surface area contributed by atoms with Gasteiger partial charge in [-0.1, -0.05) is 45.1 Å². The third-order valence-electron chi connectivity index (χ3n) is 5.72. The molecular formula is C21H33NO5. The zero-order chi connectivity index (χ0) is 19.9. The summed E-state index contributed by atoms with van der Waals surface area (Å²) in [6, 6.07) is 0. The summed E-state index contributed by atoms with van der Waals surface area (Å²) in [4.78, 5) is 38.7. The van der Waals surface area contributed by atoms with Crippen LogP contribution in [0.15, 0.2) is 11.8 Å². The van der Waals surface area contributed by atoms with E-state index in [2.05, 4.69) is 6.92 Å². The largest absolute Gasteiger partial charge is 0.481 e. The third-order valence-corrected chi connectivity index (χ3v) is 5.72. The van der Waals surface area contributed by atoms with Crippen molar-refractivity contribution >= 4 is 17.8 Å². The molecule has 0 bridgehead atoms. The fraction of sp³-hybridized carbons (Fsp3) is 0.762. The SMILES string of the molecule is CCCCCCCCN1C(=O)[C@@H](CC(=O)O)C[C@@]2(C(=O)OCC)CCC=C12. The molecule has 0 aromatic carbocycles. The fourth-order valence-electron chi connectivity index (χ4n) is 4.41. The number of allylic oxidation sites excluding steroid dienone is 1. The molecule has 1 N–H and O–H groups in total. The smallest absolute Gasteiger partial charge is 0.318 e. The zero-order valence-electron chi connectivity index (χ0n) is 16.7. The van der Waals surface area contributed by atoms with Crippen LogP contribution in [0.2, 0.25) is 0 Å². The normalized spacial score (nSPS) is 24.5. The number of piperidine rings is 1. The van der Waals surface area contributed by atoms with E-state index in [0.717, 1.165) is 25.0 Å². The van der Waals surface area contributed by atoms with Gasteiger partial charge in [0.05, 0.1) is 18.9 Å². The number of ether oxygens (including phenoxy) is 1. The third kappa shape index (κ3) is 4.90. The summed E-state index contributed by atoms with van der Waals surface area (Å²) in [6.07, 6.45) is 9.94. The number of hydrogen-bond donors (Lipinski definition) is 1. The van der Waals surface area contributed by atoms with Crippen molar-refractivity contribution < 1.29 is 24.2 Å². The lowest BCUT2D eigenvalue weighted by Crippen LogP contribution is -2.52. The molecule has 2 atom stereocenters. The van der Waals surface area contributed by atoms with Crippen molar-refractivity contribution in [3.05, 3.63) is 11.8 Å². The van der Waals surface area contributed by atoms with Crippen molar-refractivity contribution in [3.8, 4) is 0 Å². The van der Waals surface area contributed by atoms with E-state index in [1.807, 2.05) is 6.08 Å². The molecule has 0 aromatic rings. The van der Waals surface area contributed by atoms with Gasteiger partial charge in [-0.2, -0.15) is 0 Å². The number of hydrogen-bond acceptors (Lipinski definition) is 4. The quantitative estimate of drug-likeness (QED) is 0.435. The Balaban J connectivity index is 2.15.